The van der Waals surface area contributed by atoms with Crippen molar-refractivity contribution in [1.29, 1.82) is 0 Å². The second-order valence-electron chi connectivity index (χ2n) is 6.75. The minimum absolute atomic E-state index is 0.213. The predicted molar refractivity (Wildman–Crippen MR) is 110 cm³/mol. The first-order valence-corrected chi connectivity index (χ1v) is 9.38. The number of fused-ring (bicyclic) bond motifs is 1. The van der Waals surface area contributed by atoms with E-state index in [1.54, 1.807) is 6.20 Å². The summed E-state index contributed by atoms with van der Waals surface area (Å²) < 4.78 is 12.8. The van der Waals surface area contributed by atoms with Crippen LogP contribution in [0.4, 0.5) is 0 Å². The summed E-state index contributed by atoms with van der Waals surface area (Å²) in [5, 5.41) is 0. The van der Waals surface area contributed by atoms with E-state index in [2.05, 4.69) is 34.2 Å². The molecule has 0 spiro atoms. The Balaban J connectivity index is 1.47. The number of carbonyl (C=O) groups is 1. The second kappa shape index (κ2) is 8.56. The monoisotopic (exact) mass is 387 g/mol. The van der Waals surface area contributed by atoms with Crippen molar-refractivity contribution in [2.45, 2.75) is 20.1 Å². The Morgan fingerprint density at radius 3 is 2.55 bits per heavy atom. The second-order valence-corrected chi connectivity index (χ2v) is 6.75. The molecule has 0 saturated carbocycles. The molecule has 0 aliphatic heterocycles. The first-order chi connectivity index (χ1) is 14.2. The van der Waals surface area contributed by atoms with Crippen LogP contribution in [0.15, 0.2) is 72.9 Å². The van der Waals surface area contributed by atoms with Gasteiger partial charge in [-0.15, -0.1) is 0 Å². The first kappa shape index (κ1) is 18.7. The van der Waals surface area contributed by atoms with Crippen molar-refractivity contribution in [3.63, 3.8) is 0 Å². The number of hydrogen-bond donors (Lipinski definition) is 0. The summed E-state index contributed by atoms with van der Waals surface area (Å²) in [6, 6.07) is 21.8. The maximum absolute atomic E-state index is 12.1. The standard InChI is InChI=1S/C23H21N3O3/c1-17-9-11-18(12-10-17)14-26-22-20(8-5-13-24-22)25-23(26)29-16-21(27)28-15-19-6-3-2-4-7-19/h2-13H,14-16H2,1H3. The van der Waals surface area contributed by atoms with E-state index in [-0.39, 0.29) is 13.2 Å². The summed E-state index contributed by atoms with van der Waals surface area (Å²) in [4.78, 5) is 21.0. The molecule has 0 aliphatic rings. The van der Waals surface area contributed by atoms with Crippen molar-refractivity contribution in [2.75, 3.05) is 6.61 Å². The first-order valence-electron chi connectivity index (χ1n) is 9.38. The van der Waals surface area contributed by atoms with E-state index < -0.39 is 5.97 Å². The predicted octanol–water partition coefficient (Wildman–Crippen LogP) is 3.91. The zero-order valence-electron chi connectivity index (χ0n) is 16.1. The normalized spacial score (nSPS) is 10.8. The van der Waals surface area contributed by atoms with Crippen LogP contribution in [0, 0.1) is 6.92 Å². The van der Waals surface area contributed by atoms with Gasteiger partial charge in [-0.05, 0) is 30.2 Å². The van der Waals surface area contributed by atoms with Gasteiger partial charge in [-0.1, -0.05) is 60.2 Å². The van der Waals surface area contributed by atoms with Crippen molar-refractivity contribution in [1.82, 2.24) is 14.5 Å². The molecule has 146 valence electrons. The highest BCUT2D eigenvalue weighted by Crippen LogP contribution is 2.21. The molecule has 0 fully saturated rings. The molecular formula is C23H21N3O3. The topological polar surface area (TPSA) is 66.2 Å². The third-order valence-electron chi connectivity index (χ3n) is 4.49. The number of aromatic nitrogens is 3. The molecule has 0 saturated heterocycles. The molecular weight excluding hydrogens is 366 g/mol. The molecule has 0 amide bonds. The molecule has 0 unspecified atom stereocenters. The van der Waals surface area contributed by atoms with Gasteiger partial charge in [0, 0.05) is 6.20 Å². The highest BCUT2D eigenvalue weighted by Gasteiger charge is 2.15. The van der Waals surface area contributed by atoms with Crippen LogP contribution < -0.4 is 4.74 Å². The van der Waals surface area contributed by atoms with Crippen molar-refractivity contribution >= 4 is 17.1 Å². The third-order valence-corrected chi connectivity index (χ3v) is 4.49. The Morgan fingerprint density at radius 1 is 0.966 bits per heavy atom. The van der Waals surface area contributed by atoms with E-state index in [4.69, 9.17) is 9.47 Å². The Kier molecular flexibility index (Phi) is 5.52. The number of carbonyl (C=O) groups excluding carboxylic acids is 1. The number of aryl methyl sites for hydroxylation is 1. The van der Waals surface area contributed by atoms with E-state index in [1.165, 1.54) is 5.56 Å². The van der Waals surface area contributed by atoms with Crippen LogP contribution in [0.5, 0.6) is 6.01 Å². The summed E-state index contributed by atoms with van der Waals surface area (Å²) in [7, 11) is 0. The minimum Gasteiger partial charge on any atom is -0.458 e. The zero-order valence-corrected chi connectivity index (χ0v) is 16.1. The Labute approximate surface area is 168 Å². The van der Waals surface area contributed by atoms with Gasteiger partial charge in [-0.2, -0.15) is 4.98 Å². The van der Waals surface area contributed by atoms with Crippen LogP contribution in [0.1, 0.15) is 16.7 Å². The van der Waals surface area contributed by atoms with Gasteiger partial charge in [0.25, 0.3) is 6.01 Å². The van der Waals surface area contributed by atoms with Gasteiger partial charge in [-0.3, -0.25) is 4.57 Å². The van der Waals surface area contributed by atoms with Crippen molar-refractivity contribution in [3.8, 4) is 6.01 Å². The Morgan fingerprint density at radius 2 is 1.76 bits per heavy atom. The van der Waals surface area contributed by atoms with Gasteiger partial charge in [0.1, 0.15) is 12.1 Å². The molecule has 2 heterocycles. The average Bonchev–Trinajstić information content (AvgIpc) is 3.10. The van der Waals surface area contributed by atoms with Crippen molar-refractivity contribution in [3.05, 3.63) is 89.6 Å². The molecule has 0 bridgehead atoms. The quantitative estimate of drug-likeness (QED) is 0.450. The summed E-state index contributed by atoms with van der Waals surface area (Å²) in [5.41, 5.74) is 4.64. The van der Waals surface area contributed by atoms with Gasteiger partial charge in [0.05, 0.1) is 6.54 Å². The number of imidazole rings is 1. The van der Waals surface area contributed by atoms with Crippen molar-refractivity contribution < 1.29 is 14.3 Å². The number of benzene rings is 2. The number of nitrogens with zero attached hydrogens (tertiary/aromatic N) is 3. The summed E-state index contributed by atoms with van der Waals surface area (Å²) in [5.74, 6) is -0.448. The molecule has 0 atom stereocenters. The number of hydrogen-bond acceptors (Lipinski definition) is 5. The van der Waals surface area contributed by atoms with Crippen LogP contribution in [-0.2, 0) is 22.7 Å². The SMILES string of the molecule is Cc1ccc(Cn2c(OCC(=O)OCc3ccccc3)nc3cccnc32)cc1. The van der Waals surface area contributed by atoms with Gasteiger partial charge in [0.15, 0.2) is 12.3 Å². The molecule has 29 heavy (non-hydrogen) atoms. The van der Waals surface area contributed by atoms with Gasteiger partial charge in [0.2, 0.25) is 0 Å². The number of pyridine rings is 1. The van der Waals surface area contributed by atoms with E-state index in [0.29, 0.717) is 23.7 Å². The van der Waals surface area contributed by atoms with Crippen molar-refractivity contribution in [2.24, 2.45) is 0 Å². The fraction of sp³-hybridized carbons (Fsp3) is 0.174. The average molecular weight is 387 g/mol. The summed E-state index contributed by atoms with van der Waals surface area (Å²) >= 11 is 0. The molecule has 6 heteroatoms. The largest absolute Gasteiger partial charge is 0.458 e. The van der Waals surface area contributed by atoms with Crippen LogP contribution in [0.3, 0.4) is 0 Å². The lowest BCUT2D eigenvalue weighted by Gasteiger charge is -2.10. The van der Waals surface area contributed by atoms with Crippen LogP contribution in [0.25, 0.3) is 11.2 Å². The molecule has 4 rings (SSSR count). The zero-order chi connectivity index (χ0) is 20.1. The van der Waals surface area contributed by atoms with E-state index >= 15 is 0 Å². The Hall–Kier alpha value is -3.67. The van der Waals surface area contributed by atoms with Gasteiger partial charge < -0.3 is 9.47 Å². The molecule has 6 nitrogen and oxygen atoms in total. The third kappa shape index (κ3) is 4.60. The van der Waals surface area contributed by atoms with Crippen LogP contribution in [0.2, 0.25) is 0 Å². The Bertz CT molecular complexity index is 1110. The lowest BCUT2D eigenvalue weighted by molar-refractivity contribution is -0.147. The molecule has 0 aliphatic carbocycles. The fourth-order valence-corrected chi connectivity index (χ4v) is 2.97. The fourth-order valence-electron chi connectivity index (χ4n) is 2.97. The maximum atomic E-state index is 12.1. The number of rotatable bonds is 7. The minimum atomic E-state index is -0.448. The summed E-state index contributed by atoms with van der Waals surface area (Å²) in [6.07, 6.45) is 1.72. The highest BCUT2D eigenvalue weighted by atomic mass is 16.6. The van der Waals surface area contributed by atoms with Gasteiger partial charge >= 0.3 is 5.97 Å². The molecule has 4 aromatic rings. The summed E-state index contributed by atoms with van der Waals surface area (Å²) in [6.45, 7) is 2.59. The van der Waals surface area contributed by atoms with E-state index in [1.807, 2.05) is 54.0 Å². The van der Waals surface area contributed by atoms with E-state index in [9.17, 15) is 4.79 Å². The maximum Gasteiger partial charge on any atom is 0.344 e. The molecule has 2 aromatic carbocycles. The molecule has 0 N–H and O–H groups in total. The number of esters is 1. The van der Waals surface area contributed by atoms with Crippen LogP contribution >= 0.6 is 0 Å². The van der Waals surface area contributed by atoms with Crippen LogP contribution in [-0.4, -0.2) is 27.1 Å². The molecule has 0 radical (unpaired) electrons. The lowest BCUT2D eigenvalue weighted by Crippen LogP contribution is -2.17. The number of ether oxygens (including phenoxy) is 2. The van der Waals surface area contributed by atoms with Gasteiger partial charge in [-0.25, -0.2) is 9.78 Å². The molecule has 2 aromatic heterocycles. The van der Waals surface area contributed by atoms with E-state index in [0.717, 1.165) is 11.1 Å². The lowest BCUT2D eigenvalue weighted by atomic mass is 10.1. The highest BCUT2D eigenvalue weighted by molar-refractivity contribution is 5.73. The smallest absolute Gasteiger partial charge is 0.344 e.